The Balaban J connectivity index is 2.01. The molecule has 3 unspecified atom stereocenters. The molecule has 0 amide bonds. The molecule has 1 aliphatic rings. The third-order valence-electron chi connectivity index (χ3n) is 5.09. The molecule has 3 atom stereocenters. The van der Waals surface area contributed by atoms with Crippen molar-refractivity contribution >= 4 is 0 Å². The SMILES string of the molecule is CCC1CCC(CNC(C)(C)C)C(Cc2nccn2C)C1. The maximum absolute atomic E-state index is 4.55. The number of hydrogen-bond acceptors (Lipinski definition) is 2. The molecule has 3 nitrogen and oxygen atoms in total. The highest BCUT2D eigenvalue weighted by molar-refractivity contribution is 4.96. The van der Waals surface area contributed by atoms with Gasteiger partial charge in [0, 0.05) is 31.4 Å². The molecule has 3 heteroatoms. The number of rotatable bonds is 5. The summed E-state index contributed by atoms with van der Waals surface area (Å²) in [5, 5.41) is 3.72. The number of imidazole rings is 1. The average molecular weight is 291 g/mol. The van der Waals surface area contributed by atoms with Crippen molar-refractivity contribution < 1.29 is 0 Å². The number of hydrogen-bond donors (Lipinski definition) is 1. The third kappa shape index (κ3) is 4.84. The van der Waals surface area contributed by atoms with E-state index in [1.54, 1.807) is 0 Å². The van der Waals surface area contributed by atoms with Gasteiger partial charge in [0.2, 0.25) is 0 Å². The first-order valence-corrected chi connectivity index (χ1v) is 8.60. The van der Waals surface area contributed by atoms with Crippen LogP contribution in [0.25, 0.3) is 0 Å². The van der Waals surface area contributed by atoms with E-state index in [4.69, 9.17) is 0 Å². The van der Waals surface area contributed by atoms with Crippen molar-refractivity contribution in [1.82, 2.24) is 14.9 Å². The molecule has 1 heterocycles. The van der Waals surface area contributed by atoms with E-state index in [1.807, 2.05) is 6.20 Å². The van der Waals surface area contributed by atoms with Gasteiger partial charge in [0.05, 0.1) is 0 Å². The van der Waals surface area contributed by atoms with Crippen molar-refractivity contribution in [3.05, 3.63) is 18.2 Å². The molecule has 0 aliphatic heterocycles. The minimum atomic E-state index is 0.218. The van der Waals surface area contributed by atoms with Gasteiger partial charge in [-0.25, -0.2) is 4.98 Å². The molecule has 1 aromatic heterocycles. The second-order valence-corrected chi connectivity index (χ2v) is 7.90. The molecule has 1 aromatic rings. The van der Waals surface area contributed by atoms with E-state index in [9.17, 15) is 0 Å². The van der Waals surface area contributed by atoms with Crippen LogP contribution in [0.1, 0.15) is 59.2 Å². The lowest BCUT2D eigenvalue weighted by Crippen LogP contribution is -2.42. The molecule has 2 rings (SSSR count). The lowest BCUT2D eigenvalue weighted by atomic mass is 9.71. The molecule has 1 saturated carbocycles. The highest BCUT2D eigenvalue weighted by Gasteiger charge is 2.31. The highest BCUT2D eigenvalue weighted by atomic mass is 15.0. The summed E-state index contributed by atoms with van der Waals surface area (Å²) in [5.74, 6) is 3.74. The topological polar surface area (TPSA) is 29.9 Å². The summed E-state index contributed by atoms with van der Waals surface area (Å²) in [6, 6.07) is 0. The monoisotopic (exact) mass is 291 g/mol. The third-order valence-corrected chi connectivity index (χ3v) is 5.09. The Bertz CT molecular complexity index is 430. The molecule has 0 bridgehead atoms. The minimum Gasteiger partial charge on any atom is -0.338 e. The smallest absolute Gasteiger partial charge is 0.108 e. The van der Waals surface area contributed by atoms with Crippen LogP contribution in [0.2, 0.25) is 0 Å². The van der Waals surface area contributed by atoms with Crippen molar-refractivity contribution in [3.8, 4) is 0 Å². The van der Waals surface area contributed by atoms with Crippen molar-refractivity contribution in [1.29, 1.82) is 0 Å². The molecule has 1 N–H and O–H groups in total. The lowest BCUT2D eigenvalue weighted by molar-refractivity contribution is 0.160. The van der Waals surface area contributed by atoms with Gasteiger partial charge in [-0.2, -0.15) is 0 Å². The van der Waals surface area contributed by atoms with Crippen LogP contribution in [0.3, 0.4) is 0 Å². The molecular formula is C18H33N3. The first-order valence-electron chi connectivity index (χ1n) is 8.60. The summed E-state index contributed by atoms with van der Waals surface area (Å²) in [5.41, 5.74) is 0.218. The van der Waals surface area contributed by atoms with E-state index in [1.165, 1.54) is 31.5 Å². The summed E-state index contributed by atoms with van der Waals surface area (Å²) >= 11 is 0. The standard InChI is InChI=1S/C18H33N3/c1-6-14-7-8-15(13-20-18(2,3)4)16(11-14)12-17-19-9-10-21(17)5/h9-10,14-16,20H,6-8,11-13H2,1-5H3. The average Bonchev–Trinajstić information content (AvgIpc) is 2.82. The van der Waals surface area contributed by atoms with Gasteiger partial charge in [0.25, 0.3) is 0 Å². The highest BCUT2D eigenvalue weighted by Crippen LogP contribution is 2.37. The van der Waals surface area contributed by atoms with Gasteiger partial charge in [0.1, 0.15) is 5.82 Å². The Morgan fingerprint density at radius 3 is 2.62 bits per heavy atom. The Labute approximate surface area is 130 Å². The predicted octanol–water partition coefficient (Wildman–Crippen LogP) is 3.79. The summed E-state index contributed by atoms with van der Waals surface area (Å²) in [6.07, 6.45) is 10.6. The normalized spacial score (nSPS) is 27.0. The zero-order chi connectivity index (χ0) is 15.5. The van der Waals surface area contributed by atoms with Gasteiger partial charge in [0.15, 0.2) is 0 Å². The van der Waals surface area contributed by atoms with Crippen LogP contribution in [0.15, 0.2) is 12.4 Å². The van der Waals surface area contributed by atoms with Crippen molar-refractivity contribution in [3.63, 3.8) is 0 Å². The van der Waals surface area contributed by atoms with Gasteiger partial charge in [-0.3, -0.25) is 0 Å². The summed E-state index contributed by atoms with van der Waals surface area (Å²) < 4.78 is 2.18. The van der Waals surface area contributed by atoms with Crippen molar-refractivity contribution in [2.24, 2.45) is 24.8 Å². The van der Waals surface area contributed by atoms with Crippen LogP contribution < -0.4 is 5.32 Å². The van der Waals surface area contributed by atoms with E-state index in [-0.39, 0.29) is 5.54 Å². The van der Waals surface area contributed by atoms with Crippen LogP contribution in [-0.4, -0.2) is 21.6 Å². The zero-order valence-electron chi connectivity index (χ0n) is 14.5. The van der Waals surface area contributed by atoms with E-state index in [0.717, 1.165) is 30.7 Å². The summed E-state index contributed by atoms with van der Waals surface area (Å²) in [4.78, 5) is 4.55. The first-order chi connectivity index (χ1) is 9.89. The molecule has 120 valence electrons. The van der Waals surface area contributed by atoms with Crippen LogP contribution in [0.4, 0.5) is 0 Å². The quantitative estimate of drug-likeness (QED) is 0.894. The second kappa shape index (κ2) is 6.95. The fourth-order valence-corrected chi connectivity index (χ4v) is 3.58. The fourth-order valence-electron chi connectivity index (χ4n) is 3.58. The van der Waals surface area contributed by atoms with Gasteiger partial charge < -0.3 is 9.88 Å². The van der Waals surface area contributed by atoms with Crippen LogP contribution in [0, 0.1) is 17.8 Å². The van der Waals surface area contributed by atoms with Crippen LogP contribution in [-0.2, 0) is 13.5 Å². The molecule has 0 radical (unpaired) electrons. The van der Waals surface area contributed by atoms with Gasteiger partial charge in [-0.05, 0) is 57.9 Å². The molecule has 0 saturated heterocycles. The minimum absolute atomic E-state index is 0.218. The maximum Gasteiger partial charge on any atom is 0.108 e. The number of nitrogens with zero attached hydrogens (tertiary/aromatic N) is 2. The van der Waals surface area contributed by atoms with E-state index >= 15 is 0 Å². The number of aromatic nitrogens is 2. The van der Waals surface area contributed by atoms with E-state index in [0.29, 0.717) is 0 Å². The predicted molar refractivity (Wildman–Crippen MR) is 89.3 cm³/mol. The van der Waals surface area contributed by atoms with Crippen molar-refractivity contribution in [2.45, 2.75) is 65.3 Å². The molecular weight excluding hydrogens is 258 g/mol. The van der Waals surface area contributed by atoms with Gasteiger partial charge >= 0.3 is 0 Å². The van der Waals surface area contributed by atoms with Crippen LogP contribution in [0.5, 0.6) is 0 Å². The molecule has 0 aromatic carbocycles. The second-order valence-electron chi connectivity index (χ2n) is 7.90. The van der Waals surface area contributed by atoms with E-state index in [2.05, 4.69) is 55.8 Å². The Kier molecular flexibility index (Phi) is 5.48. The van der Waals surface area contributed by atoms with Crippen LogP contribution >= 0.6 is 0 Å². The Morgan fingerprint density at radius 2 is 2.05 bits per heavy atom. The molecule has 1 aliphatic carbocycles. The Morgan fingerprint density at radius 1 is 1.29 bits per heavy atom. The largest absolute Gasteiger partial charge is 0.338 e. The molecule has 1 fully saturated rings. The van der Waals surface area contributed by atoms with Gasteiger partial charge in [-0.1, -0.05) is 19.8 Å². The molecule has 21 heavy (non-hydrogen) atoms. The number of aryl methyl sites for hydroxylation is 1. The maximum atomic E-state index is 4.55. The fraction of sp³-hybridized carbons (Fsp3) is 0.833. The lowest BCUT2D eigenvalue weighted by Gasteiger charge is -2.37. The zero-order valence-corrected chi connectivity index (χ0v) is 14.5. The van der Waals surface area contributed by atoms with E-state index < -0.39 is 0 Å². The number of nitrogens with one attached hydrogen (secondary N) is 1. The first kappa shape index (κ1) is 16.5. The summed E-state index contributed by atoms with van der Waals surface area (Å²) in [7, 11) is 2.12. The molecule has 0 spiro atoms. The summed E-state index contributed by atoms with van der Waals surface area (Å²) in [6.45, 7) is 10.3. The van der Waals surface area contributed by atoms with Crippen molar-refractivity contribution in [2.75, 3.05) is 6.54 Å². The van der Waals surface area contributed by atoms with Gasteiger partial charge in [-0.15, -0.1) is 0 Å². The Hall–Kier alpha value is -0.830.